The lowest BCUT2D eigenvalue weighted by Crippen LogP contribution is -2.41. The monoisotopic (exact) mass is 287 g/mol. The van der Waals surface area contributed by atoms with E-state index in [1.54, 1.807) is 12.1 Å². The molecule has 0 bridgehead atoms. The maximum Gasteiger partial charge on any atom is 0.129 e. The van der Waals surface area contributed by atoms with E-state index in [1.165, 1.54) is 6.07 Å². The molecule has 1 aromatic rings. The summed E-state index contributed by atoms with van der Waals surface area (Å²) in [5, 5.41) is 13.2. The SMILES string of the molecule is OCC1(CNCc2ccc(Cl)cc2F)CCOCC1. The first-order chi connectivity index (χ1) is 9.15. The van der Waals surface area contributed by atoms with Crippen LogP contribution in [0.3, 0.4) is 0 Å². The molecular formula is C14H19ClFNO2. The highest BCUT2D eigenvalue weighted by Crippen LogP contribution is 2.29. The zero-order valence-electron chi connectivity index (χ0n) is 10.8. The number of ether oxygens (including phenoxy) is 1. The molecule has 0 aliphatic carbocycles. The molecule has 1 heterocycles. The van der Waals surface area contributed by atoms with Gasteiger partial charge in [0.15, 0.2) is 0 Å². The molecule has 1 aromatic carbocycles. The molecule has 0 spiro atoms. The molecule has 5 heteroatoms. The number of rotatable bonds is 5. The molecule has 1 saturated heterocycles. The summed E-state index contributed by atoms with van der Waals surface area (Å²) in [5.74, 6) is -0.301. The summed E-state index contributed by atoms with van der Waals surface area (Å²) in [5.41, 5.74) is 0.450. The van der Waals surface area contributed by atoms with Gasteiger partial charge in [-0.2, -0.15) is 0 Å². The third-order valence-electron chi connectivity index (χ3n) is 3.72. The van der Waals surface area contributed by atoms with E-state index < -0.39 is 0 Å². The summed E-state index contributed by atoms with van der Waals surface area (Å²) >= 11 is 5.71. The highest BCUT2D eigenvalue weighted by atomic mass is 35.5. The molecule has 0 radical (unpaired) electrons. The fourth-order valence-electron chi connectivity index (χ4n) is 2.32. The van der Waals surface area contributed by atoms with Crippen molar-refractivity contribution in [2.24, 2.45) is 5.41 Å². The summed E-state index contributed by atoms with van der Waals surface area (Å²) in [6, 6.07) is 4.67. The summed E-state index contributed by atoms with van der Waals surface area (Å²) in [6.07, 6.45) is 1.67. The molecule has 0 unspecified atom stereocenters. The molecule has 1 aliphatic rings. The van der Waals surface area contributed by atoms with E-state index >= 15 is 0 Å². The van der Waals surface area contributed by atoms with Crippen molar-refractivity contribution < 1.29 is 14.2 Å². The molecule has 0 aromatic heterocycles. The Labute approximate surface area is 117 Å². The van der Waals surface area contributed by atoms with Crippen molar-refractivity contribution in [3.63, 3.8) is 0 Å². The zero-order chi connectivity index (χ0) is 13.7. The summed E-state index contributed by atoms with van der Waals surface area (Å²) in [4.78, 5) is 0. The second-order valence-corrected chi connectivity index (χ2v) is 5.55. The Balaban J connectivity index is 1.88. The van der Waals surface area contributed by atoms with Crippen LogP contribution < -0.4 is 5.32 Å². The Morgan fingerprint density at radius 3 is 2.74 bits per heavy atom. The van der Waals surface area contributed by atoms with E-state index in [9.17, 15) is 9.50 Å². The Bertz CT molecular complexity index is 422. The van der Waals surface area contributed by atoms with Gasteiger partial charge in [-0.15, -0.1) is 0 Å². The fourth-order valence-corrected chi connectivity index (χ4v) is 2.48. The zero-order valence-corrected chi connectivity index (χ0v) is 11.5. The Morgan fingerprint density at radius 1 is 1.37 bits per heavy atom. The van der Waals surface area contributed by atoms with Gasteiger partial charge in [-0.1, -0.05) is 17.7 Å². The second kappa shape index (κ2) is 6.66. The van der Waals surface area contributed by atoms with Gasteiger partial charge in [-0.05, 0) is 25.0 Å². The van der Waals surface area contributed by atoms with Gasteiger partial charge in [0.25, 0.3) is 0 Å². The lowest BCUT2D eigenvalue weighted by molar-refractivity contribution is -0.0154. The van der Waals surface area contributed by atoms with Crippen LogP contribution in [0.5, 0.6) is 0 Å². The highest BCUT2D eigenvalue weighted by Gasteiger charge is 2.31. The largest absolute Gasteiger partial charge is 0.396 e. The van der Waals surface area contributed by atoms with Crippen LogP contribution in [0.2, 0.25) is 5.02 Å². The minimum atomic E-state index is -0.301. The van der Waals surface area contributed by atoms with Crippen molar-refractivity contribution in [2.75, 3.05) is 26.4 Å². The van der Waals surface area contributed by atoms with Gasteiger partial charge in [-0.3, -0.25) is 0 Å². The Morgan fingerprint density at radius 2 is 2.11 bits per heavy atom. The minimum Gasteiger partial charge on any atom is -0.396 e. The van der Waals surface area contributed by atoms with Gasteiger partial charge >= 0.3 is 0 Å². The predicted octanol–water partition coefficient (Wildman–Crippen LogP) is 2.36. The lowest BCUT2D eigenvalue weighted by Gasteiger charge is -2.35. The molecule has 3 nitrogen and oxygen atoms in total. The van der Waals surface area contributed by atoms with E-state index in [0.29, 0.717) is 36.9 Å². The number of aliphatic hydroxyl groups excluding tert-OH is 1. The van der Waals surface area contributed by atoms with Gasteiger partial charge in [0, 0.05) is 42.3 Å². The molecule has 0 amide bonds. The molecule has 2 rings (SSSR count). The smallest absolute Gasteiger partial charge is 0.129 e. The number of aliphatic hydroxyl groups is 1. The van der Waals surface area contributed by atoms with Crippen LogP contribution in [0.25, 0.3) is 0 Å². The number of benzene rings is 1. The van der Waals surface area contributed by atoms with Crippen LogP contribution >= 0.6 is 11.6 Å². The van der Waals surface area contributed by atoms with E-state index in [0.717, 1.165) is 12.8 Å². The topological polar surface area (TPSA) is 41.5 Å². The lowest BCUT2D eigenvalue weighted by atomic mass is 9.81. The van der Waals surface area contributed by atoms with E-state index in [1.807, 2.05) is 0 Å². The Hall–Kier alpha value is -0.680. The average Bonchev–Trinajstić information content (AvgIpc) is 2.42. The van der Waals surface area contributed by atoms with Crippen LogP contribution in [0.1, 0.15) is 18.4 Å². The fraction of sp³-hybridized carbons (Fsp3) is 0.571. The summed E-state index contributed by atoms with van der Waals surface area (Å²) < 4.78 is 18.9. The molecule has 0 atom stereocenters. The van der Waals surface area contributed by atoms with Crippen LogP contribution in [-0.4, -0.2) is 31.5 Å². The maximum absolute atomic E-state index is 13.6. The number of hydrogen-bond donors (Lipinski definition) is 2. The van der Waals surface area contributed by atoms with Crippen LogP contribution in [-0.2, 0) is 11.3 Å². The van der Waals surface area contributed by atoms with Crippen molar-refractivity contribution in [1.29, 1.82) is 0 Å². The van der Waals surface area contributed by atoms with Gasteiger partial charge in [0.2, 0.25) is 0 Å². The van der Waals surface area contributed by atoms with Crippen molar-refractivity contribution in [3.8, 4) is 0 Å². The van der Waals surface area contributed by atoms with E-state index in [-0.39, 0.29) is 17.8 Å². The summed E-state index contributed by atoms with van der Waals surface area (Å²) in [6.45, 7) is 2.59. The van der Waals surface area contributed by atoms with E-state index in [4.69, 9.17) is 16.3 Å². The molecule has 0 saturated carbocycles. The van der Waals surface area contributed by atoms with Crippen molar-refractivity contribution in [3.05, 3.63) is 34.6 Å². The normalized spacial score (nSPS) is 18.5. The highest BCUT2D eigenvalue weighted by molar-refractivity contribution is 6.30. The number of hydrogen-bond acceptors (Lipinski definition) is 3. The quantitative estimate of drug-likeness (QED) is 0.873. The molecule has 1 aliphatic heterocycles. The van der Waals surface area contributed by atoms with Crippen molar-refractivity contribution >= 4 is 11.6 Å². The standard InChI is InChI=1S/C14H19ClFNO2/c15-12-2-1-11(13(16)7-12)8-17-9-14(10-18)3-5-19-6-4-14/h1-2,7,17-18H,3-6,8-10H2. The van der Waals surface area contributed by atoms with Gasteiger partial charge in [-0.25, -0.2) is 4.39 Å². The molecule has 2 N–H and O–H groups in total. The predicted molar refractivity (Wildman–Crippen MR) is 72.7 cm³/mol. The van der Waals surface area contributed by atoms with Crippen LogP contribution in [0, 0.1) is 11.2 Å². The summed E-state index contributed by atoms with van der Waals surface area (Å²) in [7, 11) is 0. The minimum absolute atomic E-state index is 0.131. The second-order valence-electron chi connectivity index (χ2n) is 5.11. The number of nitrogens with one attached hydrogen (secondary N) is 1. The van der Waals surface area contributed by atoms with Crippen molar-refractivity contribution in [1.82, 2.24) is 5.32 Å². The molecule has 1 fully saturated rings. The maximum atomic E-state index is 13.6. The molecule has 106 valence electrons. The van der Waals surface area contributed by atoms with Crippen LogP contribution in [0.15, 0.2) is 18.2 Å². The van der Waals surface area contributed by atoms with Gasteiger partial charge in [0.1, 0.15) is 5.82 Å². The van der Waals surface area contributed by atoms with Gasteiger partial charge in [0.05, 0.1) is 6.61 Å². The molecule has 19 heavy (non-hydrogen) atoms. The third kappa shape index (κ3) is 3.89. The van der Waals surface area contributed by atoms with E-state index in [2.05, 4.69) is 5.32 Å². The third-order valence-corrected chi connectivity index (χ3v) is 3.95. The van der Waals surface area contributed by atoms with Crippen LogP contribution in [0.4, 0.5) is 4.39 Å². The Kier molecular flexibility index (Phi) is 5.16. The first kappa shape index (κ1) is 14.7. The van der Waals surface area contributed by atoms with Gasteiger partial charge < -0.3 is 15.2 Å². The number of halogens is 2. The van der Waals surface area contributed by atoms with Crippen molar-refractivity contribution in [2.45, 2.75) is 19.4 Å². The average molecular weight is 288 g/mol. The first-order valence-electron chi connectivity index (χ1n) is 6.48. The first-order valence-corrected chi connectivity index (χ1v) is 6.86. The molecular weight excluding hydrogens is 269 g/mol.